The summed E-state index contributed by atoms with van der Waals surface area (Å²) in [6, 6.07) is 10.6. The van der Waals surface area contributed by atoms with E-state index < -0.39 is 6.43 Å². The van der Waals surface area contributed by atoms with Crippen LogP contribution in [0.2, 0.25) is 0 Å². The normalized spacial score (nSPS) is 12.9. The van der Waals surface area contributed by atoms with Gasteiger partial charge in [0.1, 0.15) is 0 Å². The fourth-order valence-corrected chi connectivity index (χ4v) is 6.30. The average molecular weight is 699 g/mol. The van der Waals surface area contributed by atoms with E-state index in [1.54, 1.807) is 20.8 Å². The van der Waals surface area contributed by atoms with E-state index in [1.807, 2.05) is 0 Å². The van der Waals surface area contributed by atoms with E-state index in [9.17, 15) is 8.78 Å². The van der Waals surface area contributed by atoms with Gasteiger partial charge in [0.15, 0.2) is 0 Å². The Morgan fingerprint density at radius 2 is 0.918 bits per heavy atom. The van der Waals surface area contributed by atoms with Crippen molar-refractivity contribution in [2.45, 2.75) is 224 Å². The van der Waals surface area contributed by atoms with Crippen molar-refractivity contribution >= 4 is 0 Å². The van der Waals surface area contributed by atoms with Crippen LogP contribution >= 0.6 is 0 Å². The van der Waals surface area contributed by atoms with Crippen LogP contribution in [0.1, 0.15) is 217 Å². The summed E-state index contributed by atoms with van der Waals surface area (Å²) in [5.41, 5.74) is 3.62. The fourth-order valence-electron chi connectivity index (χ4n) is 6.30. The molecule has 0 bridgehead atoms. The number of halogens is 2. The Morgan fingerprint density at radius 3 is 1.10 bits per heavy atom. The summed E-state index contributed by atoms with van der Waals surface area (Å²) in [7, 11) is 0. The number of unbranched alkanes of at least 4 members (excludes halogenated alkanes) is 1. The molecule has 1 unspecified atom stereocenters. The van der Waals surface area contributed by atoms with Crippen LogP contribution in [-0.4, -0.2) is 6.43 Å². The molecule has 1 rings (SSSR count). The topological polar surface area (TPSA) is 0 Å². The Balaban J connectivity index is -0.000000165. The Hall–Kier alpha value is -0.920. The molecule has 1 aromatic rings. The zero-order valence-electron chi connectivity index (χ0n) is 37.2. The zero-order valence-corrected chi connectivity index (χ0v) is 37.2. The molecule has 1 aromatic carbocycles. The number of hydrogen-bond acceptors (Lipinski definition) is 0. The van der Waals surface area contributed by atoms with Crippen molar-refractivity contribution < 1.29 is 8.78 Å². The first-order valence-corrected chi connectivity index (χ1v) is 19.4. The monoisotopic (exact) mass is 699 g/mol. The van der Waals surface area contributed by atoms with Crippen molar-refractivity contribution in [1.29, 1.82) is 0 Å². The van der Waals surface area contributed by atoms with Crippen LogP contribution in [-0.2, 0) is 6.42 Å². The Morgan fingerprint density at radius 1 is 0.531 bits per heavy atom. The van der Waals surface area contributed by atoms with Gasteiger partial charge in [-0.25, -0.2) is 8.78 Å². The van der Waals surface area contributed by atoms with Crippen molar-refractivity contribution in [2.75, 3.05) is 0 Å². The quantitative estimate of drug-likeness (QED) is 0.253. The number of alkyl halides is 2. The first-order valence-electron chi connectivity index (χ1n) is 19.4. The molecule has 0 nitrogen and oxygen atoms in total. The molecule has 0 aliphatic heterocycles. The number of benzene rings is 1. The van der Waals surface area contributed by atoms with Gasteiger partial charge < -0.3 is 0 Å². The first kappa shape index (κ1) is 57.4. The molecule has 0 N–H and O–H groups in total. The van der Waals surface area contributed by atoms with E-state index in [4.69, 9.17) is 0 Å². The summed E-state index contributed by atoms with van der Waals surface area (Å²) < 4.78 is 23.1. The van der Waals surface area contributed by atoms with Crippen LogP contribution in [0.3, 0.4) is 0 Å². The third-order valence-corrected chi connectivity index (χ3v) is 6.87. The van der Waals surface area contributed by atoms with Gasteiger partial charge in [0.05, 0.1) is 0 Å². The van der Waals surface area contributed by atoms with Gasteiger partial charge in [-0.2, -0.15) is 0 Å². The predicted molar refractivity (Wildman–Crippen MR) is 226 cm³/mol. The van der Waals surface area contributed by atoms with Crippen LogP contribution < -0.4 is 0 Å². The smallest absolute Gasteiger partial charge is 0.211 e. The minimum atomic E-state index is -2.16. The van der Waals surface area contributed by atoms with E-state index in [0.29, 0.717) is 27.1 Å². The molecule has 0 aliphatic rings. The van der Waals surface area contributed by atoms with Crippen LogP contribution in [0.25, 0.3) is 0 Å². The largest absolute Gasteiger partial charge is 0.239 e. The summed E-state index contributed by atoms with van der Waals surface area (Å²) in [4.78, 5) is 0. The van der Waals surface area contributed by atoms with Crippen LogP contribution in [0.4, 0.5) is 8.78 Å². The second-order valence-electron chi connectivity index (χ2n) is 22.0. The van der Waals surface area contributed by atoms with Gasteiger partial charge in [0.25, 0.3) is 0 Å². The van der Waals surface area contributed by atoms with Gasteiger partial charge in [-0.05, 0) is 75.6 Å². The van der Waals surface area contributed by atoms with Gasteiger partial charge in [0.2, 0.25) is 6.43 Å². The van der Waals surface area contributed by atoms with Gasteiger partial charge >= 0.3 is 0 Å². The SMILES string of the molecule is C.CC(C)(C)CC(C)(C)C.CC(C)(C)CC(F)F.CC(C)(C)Cc1ccccc1.CC(C)CC(C)(C)C.CCCCC(CC)CC(C)(C)C. The molecule has 0 spiro atoms. The van der Waals surface area contributed by atoms with Crippen molar-refractivity contribution in [3.8, 4) is 0 Å². The summed E-state index contributed by atoms with van der Waals surface area (Å²) in [6.45, 7) is 49.0. The maximum Gasteiger partial charge on any atom is 0.239 e. The Bertz CT molecular complexity index is 790. The van der Waals surface area contributed by atoms with Crippen LogP contribution in [0.5, 0.6) is 0 Å². The van der Waals surface area contributed by atoms with Crippen molar-refractivity contribution in [3.63, 3.8) is 0 Å². The van der Waals surface area contributed by atoms with Gasteiger partial charge in [0, 0.05) is 6.42 Å². The Labute approximate surface area is 312 Å². The molecule has 0 aromatic heterocycles. The molecule has 0 radical (unpaired) electrons. The highest BCUT2D eigenvalue weighted by molar-refractivity contribution is 5.15. The maximum absolute atomic E-state index is 11.5. The van der Waals surface area contributed by atoms with E-state index >= 15 is 0 Å². The second kappa shape index (κ2) is 26.8. The van der Waals surface area contributed by atoms with Crippen molar-refractivity contribution in [1.82, 2.24) is 0 Å². The van der Waals surface area contributed by atoms with Crippen molar-refractivity contribution in [3.05, 3.63) is 35.9 Å². The molecule has 0 aliphatic carbocycles. The molecular weight excluding hydrogens is 603 g/mol. The summed E-state index contributed by atoms with van der Waals surface area (Å²) in [5.74, 6) is 1.81. The molecule has 49 heavy (non-hydrogen) atoms. The number of hydrogen-bond donors (Lipinski definition) is 0. The van der Waals surface area contributed by atoms with E-state index in [2.05, 4.69) is 162 Å². The molecular formula is C47H96F2. The lowest BCUT2D eigenvalue weighted by Gasteiger charge is -2.28. The number of rotatable bonds is 8. The molecule has 298 valence electrons. The third kappa shape index (κ3) is 62.6. The van der Waals surface area contributed by atoms with Gasteiger partial charge in [-0.15, -0.1) is 0 Å². The first-order chi connectivity index (χ1) is 21.1. The lowest BCUT2D eigenvalue weighted by Crippen LogP contribution is -2.16. The highest BCUT2D eigenvalue weighted by atomic mass is 19.3. The second-order valence-corrected chi connectivity index (χ2v) is 22.0. The van der Waals surface area contributed by atoms with E-state index in [-0.39, 0.29) is 19.3 Å². The molecule has 1 atom stereocenters. The zero-order chi connectivity index (χ0) is 39.2. The van der Waals surface area contributed by atoms with E-state index in [0.717, 1.165) is 18.3 Å². The fraction of sp³-hybridized carbons (Fsp3) is 0.872. The standard InChI is InChI=1S/C12H26.C11H16.C9H20.C8H18.C6H12F2.CH4/c1-6-8-9-11(7-2)10-12(3,4)5;1-11(2,3)9-10-7-5-4-6-8-10;1-8(2,3)7-9(4,5)6;1-7(2)6-8(3,4)5;1-6(2,3)4-5(7)8;/h11H,6-10H2,1-5H3;4-8H,9H2,1-3H3;7H2,1-6H3;7H,6H2,1-5H3;5H,4H2,1-3H3;1H4. The van der Waals surface area contributed by atoms with Crippen LogP contribution in [0.15, 0.2) is 30.3 Å². The Kier molecular flexibility index (Phi) is 31.4. The molecule has 0 fully saturated rings. The molecule has 2 heteroatoms. The molecule has 0 heterocycles. The molecule has 0 amide bonds. The highest BCUT2D eigenvalue weighted by Crippen LogP contribution is 2.32. The lowest BCUT2D eigenvalue weighted by molar-refractivity contribution is 0.0944. The van der Waals surface area contributed by atoms with Gasteiger partial charge in [-0.1, -0.05) is 216 Å². The van der Waals surface area contributed by atoms with Crippen LogP contribution in [0, 0.1) is 44.3 Å². The highest BCUT2D eigenvalue weighted by Gasteiger charge is 2.20. The van der Waals surface area contributed by atoms with Gasteiger partial charge in [-0.3, -0.25) is 0 Å². The predicted octanol–water partition coefficient (Wildman–Crippen LogP) is 17.8. The summed E-state index contributed by atoms with van der Waals surface area (Å²) in [6.07, 6.45) is 8.56. The summed E-state index contributed by atoms with van der Waals surface area (Å²) >= 11 is 0. The van der Waals surface area contributed by atoms with E-state index in [1.165, 1.54) is 50.5 Å². The molecule has 0 saturated heterocycles. The third-order valence-electron chi connectivity index (χ3n) is 6.87. The molecule has 0 saturated carbocycles. The summed E-state index contributed by atoms with van der Waals surface area (Å²) in [5, 5.41) is 0. The van der Waals surface area contributed by atoms with Crippen molar-refractivity contribution in [2.24, 2.45) is 44.3 Å². The average Bonchev–Trinajstić information content (AvgIpc) is 2.76. The minimum absolute atomic E-state index is 0. The lowest BCUT2D eigenvalue weighted by atomic mass is 9.78. The maximum atomic E-state index is 11.5. The minimum Gasteiger partial charge on any atom is -0.211 e.